The quantitative estimate of drug-likeness (QED) is 0.712. The van der Waals surface area contributed by atoms with Gasteiger partial charge in [-0.3, -0.25) is 4.79 Å². The Labute approximate surface area is 88.0 Å². The molecule has 6 heteroatoms. The highest BCUT2D eigenvalue weighted by Gasteiger charge is 2.29. The predicted octanol–water partition coefficient (Wildman–Crippen LogP) is -0.371. The van der Waals surface area contributed by atoms with E-state index in [0.29, 0.717) is 11.7 Å². The molecule has 15 heavy (non-hydrogen) atoms. The molecule has 0 spiro atoms. The summed E-state index contributed by atoms with van der Waals surface area (Å²) in [7, 11) is 1.90. The van der Waals surface area contributed by atoms with E-state index in [1.807, 2.05) is 11.9 Å². The summed E-state index contributed by atoms with van der Waals surface area (Å²) in [6.45, 7) is 1.65. The molecule has 0 radical (unpaired) electrons. The van der Waals surface area contributed by atoms with Crippen molar-refractivity contribution in [2.75, 3.05) is 20.1 Å². The van der Waals surface area contributed by atoms with E-state index in [4.69, 9.17) is 0 Å². The van der Waals surface area contributed by atoms with Crippen molar-refractivity contribution in [3.05, 3.63) is 11.9 Å². The number of likely N-dealkylation sites (tertiary alicyclic amines) is 1. The number of rotatable bonds is 3. The van der Waals surface area contributed by atoms with Crippen LogP contribution in [0.25, 0.3) is 0 Å². The summed E-state index contributed by atoms with van der Waals surface area (Å²) in [5.74, 6) is -0.0264. The van der Waals surface area contributed by atoms with Gasteiger partial charge in [0.15, 0.2) is 5.69 Å². The Morgan fingerprint density at radius 1 is 1.80 bits per heavy atom. The number of amides is 1. The van der Waals surface area contributed by atoms with Crippen LogP contribution in [0.3, 0.4) is 0 Å². The van der Waals surface area contributed by atoms with Crippen LogP contribution in [-0.2, 0) is 0 Å². The minimum atomic E-state index is -0.0264. The molecule has 0 saturated carbocycles. The van der Waals surface area contributed by atoms with Crippen molar-refractivity contribution >= 4 is 5.91 Å². The van der Waals surface area contributed by atoms with Gasteiger partial charge in [0.25, 0.3) is 5.91 Å². The molecule has 6 nitrogen and oxygen atoms in total. The fourth-order valence-corrected chi connectivity index (χ4v) is 2.00. The molecule has 1 aliphatic heterocycles. The van der Waals surface area contributed by atoms with Gasteiger partial charge in [-0.2, -0.15) is 15.4 Å². The van der Waals surface area contributed by atoms with Crippen molar-refractivity contribution in [3.63, 3.8) is 0 Å². The van der Waals surface area contributed by atoms with Crippen LogP contribution in [0.1, 0.15) is 23.3 Å². The molecule has 1 aliphatic rings. The molecule has 2 N–H and O–H groups in total. The standard InChI is InChI=1S/C9H15N5O/c1-10-5-7-3-2-4-14(7)9(15)8-6-11-13-12-8/h6-7,10H,2-5H2,1H3,(H,11,12,13). The zero-order chi connectivity index (χ0) is 10.7. The minimum Gasteiger partial charge on any atom is -0.333 e. The first-order valence-corrected chi connectivity index (χ1v) is 5.14. The summed E-state index contributed by atoms with van der Waals surface area (Å²) in [5, 5.41) is 13.0. The highest BCUT2D eigenvalue weighted by molar-refractivity contribution is 5.92. The van der Waals surface area contributed by atoms with Crippen LogP contribution in [0.2, 0.25) is 0 Å². The minimum absolute atomic E-state index is 0.0264. The molecule has 1 amide bonds. The summed E-state index contributed by atoms with van der Waals surface area (Å²) < 4.78 is 0. The first kappa shape index (κ1) is 10.1. The number of nitrogens with one attached hydrogen (secondary N) is 2. The van der Waals surface area contributed by atoms with Crippen LogP contribution < -0.4 is 5.32 Å². The predicted molar refractivity (Wildman–Crippen MR) is 54.4 cm³/mol. The number of aromatic amines is 1. The van der Waals surface area contributed by atoms with Gasteiger partial charge in [0.2, 0.25) is 0 Å². The number of carbonyl (C=O) groups is 1. The third-order valence-electron chi connectivity index (χ3n) is 2.71. The monoisotopic (exact) mass is 209 g/mol. The lowest BCUT2D eigenvalue weighted by Gasteiger charge is -2.23. The largest absolute Gasteiger partial charge is 0.333 e. The smallest absolute Gasteiger partial charge is 0.276 e. The molecule has 0 aliphatic carbocycles. The van der Waals surface area contributed by atoms with Crippen LogP contribution in [0, 0.1) is 0 Å². The molecular weight excluding hydrogens is 194 g/mol. The van der Waals surface area contributed by atoms with Crippen molar-refractivity contribution in [3.8, 4) is 0 Å². The average molecular weight is 209 g/mol. The molecule has 1 saturated heterocycles. The molecular formula is C9H15N5O. The third kappa shape index (κ3) is 1.99. The van der Waals surface area contributed by atoms with Gasteiger partial charge in [0.05, 0.1) is 6.20 Å². The van der Waals surface area contributed by atoms with Gasteiger partial charge < -0.3 is 10.2 Å². The van der Waals surface area contributed by atoms with E-state index in [0.717, 1.165) is 25.9 Å². The lowest BCUT2D eigenvalue weighted by Crippen LogP contribution is -2.41. The molecule has 0 aromatic carbocycles. The SMILES string of the molecule is CNCC1CCCN1C(=O)c1cn[nH]n1. The van der Waals surface area contributed by atoms with Crippen LogP contribution in [0.15, 0.2) is 6.20 Å². The maximum Gasteiger partial charge on any atom is 0.276 e. The fourth-order valence-electron chi connectivity index (χ4n) is 2.00. The Kier molecular flexibility index (Phi) is 2.96. The zero-order valence-electron chi connectivity index (χ0n) is 8.73. The fraction of sp³-hybridized carbons (Fsp3) is 0.667. The van der Waals surface area contributed by atoms with Gasteiger partial charge in [-0.15, -0.1) is 0 Å². The van der Waals surface area contributed by atoms with Crippen molar-refractivity contribution in [2.24, 2.45) is 0 Å². The number of carbonyl (C=O) groups excluding carboxylic acids is 1. The molecule has 2 rings (SSSR count). The summed E-state index contributed by atoms with van der Waals surface area (Å²) in [4.78, 5) is 13.8. The van der Waals surface area contributed by atoms with E-state index in [2.05, 4.69) is 20.7 Å². The molecule has 0 bridgehead atoms. The second-order valence-electron chi connectivity index (χ2n) is 3.71. The Balaban J connectivity index is 2.06. The van der Waals surface area contributed by atoms with Gasteiger partial charge in [0, 0.05) is 19.1 Å². The van der Waals surface area contributed by atoms with Gasteiger partial charge in [-0.1, -0.05) is 0 Å². The highest BCUT2D eigenvalue weighted by atomic mass is 16.2. The van der Waals surface area contributed by atoms with Gasteiger partial charge in [-0.05, 0) is 19.9 Å². The van der Waals surface area contributed by atoms with E-state index in [-0.39, 0.29) is 5.91 Å². The maximum absolute atomic E-state index is 12.0. The lowest BCUT2D eigenvalue weighted by atomic mass is 10.2. The highest BCUT2D eigenvalue weighted by Crippen LogP contribution is 2.18. The molecule has 1 aromatic heterocycles. The van der Waals surface area contributed by atoms with Gasteiger partial charge >= 0.3 is 0 Å². The Morgan fingerprint density at radius 3 is 3.33 bits per heavy atom. The Hall–Kier alpha value is -1.43. The third-order valence-corrected chi connectivity index (χ3v) is 2.71. The first-order valence-electron chi connectivity index (χ1n) is 5.14. The van der Waals surface area contributed by atoms with Crippen molar-refractivity contribution in [1.29, 1.82) is 0 Å². The van der Waals surface area contributed by atoms with Gasteiger partial charge in [0.1, 0.15) is 0 Å². The number of hydrogen-bond acceptors (Lipinski definition) is 4. The van der Waals surface area contributed by atoms with E-state index in [9.17, 15) is 4.79 Å². The molecule has 82 valence electrons. The Morgan fingerprint density at radius 2 is 2.67 bits per heavy atom. The molecule has 1 aromatic rings. The molecule has 1 unspecified atom stereocenters. The Bertz CT molecular complexity index is 323. The molecule has 1 atom stereocenters. The van der Waals surface area contributed by atoms with Crippen LogP contribution in [-0.4, -0.2) is 52.4 Å². The van der Waals surface area contributed by atoms with Crippen molar-refractivity contribution in [2.45, 2.75) is 18.9 Å². The number of hydrogen-bond donors (Lipinski definition) is 2. The molecule has 1 fully saturated rings. The van der Waals surface area contributed by atoms with Crippen LogP contribution in [0.5, 0.6) is 0 Å². The summed E-state index contributed by atoms with van der Waals surface area (Å²) in [5.41, 5.74) is 0.401. The van der Waals surface area contributed by atoms with E-state index in [1.54, 1.807) is 0 Å². The second-order valence-corrected chi connectivity index (χ2v) is 3.71. The van der Waals surface area contributed by atoms with Gasteiger partial charge in [-0.25, -0.2) is 0 Å². The maximum atomic E-state index is 12.0. The van der Waals surface area contributed by atoms with Crippen molar-refractivity contribution in [1.82, 2.24) is 25.6 Å². The zero-order valence-corrected chi connectivity index (χ0v) is 8.73. The topological polar surface area (TPSA) is 73.9 Å². The number of likely N-dealkylation sites (N-methyl/N-ethyl adjacent to an activating group) is 1. The number of nitrogens with zero attached hydrogens (tertiary/aromatic N) is 3. The number of H-pyrrole nitrogens is 1. The lowest BCUT2D eigenvalue weighted by molar-refractivity contribution is 0.0731. The molecule has 2 heterocycles. The first-order chi connectivity index (χ1) is 7.33. The van der Waals surface area contributed by atoms with Crippen LogP contribution >= 0.6 is 0 Å². The van der Waals surface area contributed by atoms with E-state index >= 15 is 0 Å². The summed E-state index contributed by atoms with van der Waals surface area (Å²) in [6.07, 6.45) is 3.59. The second kappa shape index (κ2) is 4.39. The van der Waals surface area contributed by atoms with E-state index in [1.165, 1.54) is 6.20 Å². The average Bonchev–Trinajstić information content (AvgIpc) is 2.87. The van der Waals surface area contributed by atoms with E-state index < -0.39 is 0 Å². The van der Waals surface area contributed by atoms with Crippen LogP contribution in [0.4, 0.5) is 0 Å². The number of aromatic nitrogens is 3. The normalized spacial score (nSPS) is 20.9. The van der Waals surface area contributed by atoms with Crippen molar-refractivity contribution < 1.29 is 4.79 Å². The summed E-state index contributed by atoms with van der Waals surface area (Å²) >= 11 is 0. The summed E-state index contributed by atoms with van der Waals surface area (Å²) in [6, 6.07) is 0.291.